The first kappa shape index (κ1) is 25.4. The van der Waals surface area contributed by atoms with Gasteiger partial charge in [-0.2, -0.15) is 13.2 Å². The van der Waals surface area contributed by atoms with Crippen molar-refractivity contribution >= 4 is 23.2 Å². The molecule has 1 aliphatic rings. The Morgan fingerprint density at radius 2 is 2.00 bits per heavy atom. The van der Waals surface area contributed by atoms with Gasteiger partial charge in [0.25, 0.3) is 5.91 Å². The SMILES string of the molecule is COc1c(Cl)cccc1Nn1c(-c2ccncc2OCc2ncccc2C(F)(F)F)cc2c1CCNC2=O. The number of hydrogen-bond acceptors (Lipinski definition) is 6. The van der Waals surface area contributed by atoms with E-state index in [9.17, 15) is 18.0 Å². The largest absolute Gasteiger partial charge is 0.493 e. The van der Waals surface area contributed by atoms with E-state index >= 15 is 0 Å². The quantitative estimate of drug-likeness (QED) is 0.326. The molecule has 0 aliphatic carbocycles. The molecule has 4 aromatic rings. The summed E-state index contributed by atoms with van der Waals surface area (Å²) >= 11 is 6.31. The number of ether oxygens (including phenoxy) is 2. The number of pyridine rings is 2. The molecule has 0 unspecified atom stereocenters. The predicted octanol–water partition coefficient (Wildman–Crippen LogP) is 5.37. The smallest absolute Gasteiger partial charge is 0.418 e. The number of alkyl halides is 3. The van der Waals surface area contributed by atoms with Crippen LogP contribution in [-0.4, -0.2) is 34.2 Å². The maximum atomic E-state index is 13.5. The molecule has 2 N–H and O–H groups in total. The van der Waals surface area contributed by atoms with Crippen molar-refractivity contribution in [1.82, 2.24) is 20.0 Å². The van der Waals surface area contributed by atoms with Crippen LogP contribution >= 0.6 is 11.6 Å². The van der Waals surface area contributed by atoms with Gasteiger partial charge in [0.2, 0.25) is 0 Å². The van der Waals surface area contributed by atoms with Crippen LogP contribution in [0.4, 0.5) is 18.9 Å². The number of nitrogens with zero attached hydrogens (tertiary/aromatic N) is 3. The number of halogens is 4. The van der Waals surface area contributed by atoms with Gasteiger partial charge < -0.3 is 14.8 Å². The lowest BCUT2D eigenvalue weighted by molar-refractivity contribution is -0.138. The molecule has 0 bridgehead atoms. The van der Waals surface area contributed by atoms with Gasteiger partial charge in [0.05, 0.1) is 52.2 Å². The molecule has 0 saturated carbocycles. The van der Waals surface area contributed by atoms with Crippen molar-refractivity contribution < 1.29 is 27.4 Å². The number of fused-ring (bicyclic) bond motifs is 1. The maximum Gasteiger partial charge on any atom is 0.418 e. The number of methoxy groups -OCH3 is 1. The lowest BCUT2D eigenvalue weighted by Gasteiger charge is -2.21. The van der Waals surface area contributed by atoms with E-state index in [1.165, 1.54) is 31.8 Å². The number of aromatic nitrogens is 3. The summed E-state index contributed by atoms with van der Waals surface area (Å²) < 4.78 is 53.4. The van der Waals surface area contributed by atoms with E-state index < -0.39 is 18.3 Å². The molecule has 1 amide bonds. The van der Waals surface area contributed by atoms with Crippen LogP contribution in [-0.2, 0) is 19.2 Å². The summed E-state index contributed by atoms with van der Waals surface area (Å²) in [6.45, 7) is -0.00588. The topological polar surface area (TPSA) is 90.3 Å². The zero-order valence-corrected chi connectivity index (χ0v) is 20.7. The van der Waals surface area contributed by atoms with Gasteiger partial charge in [-0.1, -0.05) is 17.7 Å². The average molecular weight is 544 g/mol. The van der Waals surface area contributed by atoms with Gasteiger partial charge in [-0.05, 0) is 36.4 Å². The molecule has 8 nitrogen and oxygen atoms in total. The number of carbonyl (C=O) groups excluding carboxylic acids is 1. The summed E-state index contributed by atoms with van der Waals surface area (Å²) in [5, 5.41) is 3.21. The molecule has 0 atom stereocenters. The zero-order valence-electron chi connectivity index (χ0n) is 20.0. The standard InChI is InChI=1S/C26H21ClF3N5O3/c1-37-24-18(27)5-2-6-19(24)34-35-21-8-11-33-25(36)16(21)12-22(35)15-7-10-31-13-23(15)38-14-20-17(26(28,29)30)4-3-9-32-20/h2-7,9-10,12-13,34H,8,11,14H2,1H3,(H,33,36). The first-order valence-electron chi connectivity index (χ1n) is 11.5. The summed E-state index contributed by atoms with van der Waals surface area (Å²) in [5.74, 6) is 0.373. The van der Waals surface area contributed by atoms with Crippen molar-refractivity contribution in [2.24, 2.45) is 0 Å². The Bertz CT molecular complexity index is 1510. The Balaban J connectivity index is 1.57. The van der Waals surface area contributed by atoms with Crippen molar-refractivity contribution in [3.63, 3.8) is 0 Å². The van der Waals surface area contributed by atoms with Crippen LogP contribution in [0.15, 0.2) is 61.1 Å². The number of rotatable bonds is 7. The number of carbonyl (C=O) groups is 1. The van der Waals surface area contributed by atoms with E-state index in [1.807, 2.05) is 0 Å². The minimum absolute atomic E-state index is 0.211. The molecular weight excluding hydrogens is 523 g/mol. The van der Waals surface area contributed by atoms with Gasteiger partial charge in [-0.15, -0.1) is 0 Å². The van der Waals surface area contributed by atoms with E-state index in [1.54, 1.807) is 35.0 Å². The van der Waals surface area contributed by atoms with Gasteiger partial charge in [0.1, 0.15) is 12.4 Å². The molecule has 1 aromatic carbocycles. The Kier molecular flexibility index (Phi) is 6.85. The number of para-hydroxylation sites is 1. The number of hydrogen-bond donors (Lipinski definition) is 2. The highest BCUT2D eigenvalue weighted by molar-refractivity contribution is 6.32. The van der Waals surface area contributed by atoms with Crippen molar-refractivity contribution in [3.05, 3.63) is 88.6 Å². The van der Waals surface area contributed by atoms with E-state index in [4.69, 9.17) is 21.1 Å². The second kappa shape index (κ2) is 10.3. The van der Waals surface area contributed by atoms with Crippen molar-refractivity contribution in [2.75, 3.05) is 19.1 Å². The van der Waals surface area contributed by atoms with Crippen LogP contribution in [0.25, 0.3) is 11.3 Å². The van der Waals surface area contributed by atoms with Crippen LogP contribution in [0.1, 0.15) is 27.3 Å². The Morgan fingerprint density at radius 1 is 1.16 bits per heavy atom. The lowest BCUT2D eigenvalue weighted by atomic mass is 10.1. The molecular formula is C26H21ClF3N5O3. The number of amides is 1. The van der Waals surface area contributed by atoms with Crippen molar-refractivity contribution in [1.29, 1.82) is 0 Å². The lowest BCUT2D eigenvalue weighted by Crippen LogP contribution is -2.33. The van der Waals surface area contributed by atoms with E-state index in [2.05, 4.69) is 20.7 Å². The molecule has 38 heavy (non-hydrogen) atoms. The Labute approximate surface area is 220 Å². The van der Waals surface area contributed by atoms with E-state index in [-0.39, 0.29) is 17.4 Å². The minimum Gasteiger partial charge on any atom is -0.493 e. The zero-order chi connectivity index (χ0) is 26.9. The average Bonchev–Trinajstić information content (AvgIpc) is 3.27. The first-order valence-corrected chi connectivity index (χ1v) is 11.9. The molecule has 4 heterocycles. The molecule has 0 fully saturated rings. The maximum absolute atomic E-state index is 13.5. The molecule has 3 aromatic heterocycles. The fraction of sp³-hybridized carbons (Fsp3) is 0.192. The molecule has 0 radical (unpaired) electrons. The molecule has 5 rings (SSSR count). The van der Waals surface area contributed by atoms with E-state index in [0.717, 1.165) is 6.07 Å². The predicted molar refractivity (Wildman–Crippen MR) is 134 cm³/mol. The second-order valence-electron chi connectivity index (χ2n) is 8.32. The summed E-state index contributed by atoms with van der Waals surface area (Å²) in [6, 6.07) is 10.7. The molecule has 196 valence electrons. The fourth-order valence-electron chi connectivity index (χ4n) is 4.30. The monoisotopic (exact) mass is 543 g/mol. The summed E-state index contributed by atoms with van der Waals surface area (Å²) in [6.07, 6.45) is 0.160. The Hall–Kier alpha value is -4.25. The third-order valence-corrected chi connectivity index (χ3v) is 6.32. The summed E-state index contributed by atoms with van der Waals surface area (Å²) in [5.41, 5.74) is 4.88. The molecule has 0 saturated heterocycles. The highest BCUT2D eigenvalue weighted by Gasteiger charge is 2.34. The van der Waals surface area contributed by atoms with Gasteiger partial charge in [0, 0.05) is 30.9 Å². The summed E-state index contributed by atoms with van der Waals surface area (Å²) in [7, 11) is 1.49. The van der Waals surface area contributed by atoms with Crippen molar-refractivity contribution in [2.45, 2.75) is 19.2 Å². The van der Waals surface area contributed by atoms with Crippen LogP contribution < -0.4 is 20.2 Å². The number of nitrogens with one attached hydrogen (secondary N) is 2. The number of anilines is 1. The minimum atomic E-state index is -4.58. The third-order valence-electron chi connectivity index (χ3n) is 6.02. The second-order valence-corrected chi connectivity index (χ2v) is 8.73. The molecule has 0 spiro atoms. The van der Waals surface area contributed by atoms with Crippen LogP contribution in [0.5, 0.6) is 11.5 Å². The van der Waals surface area contributed by atoms with E-state index in [0.29, 0.717) is 51.9 Å². The van der Waals surface area contributed by atoms with Crippen LogP contribution in [0.3, 0.4) is 0 Å². The van der Waals surface area contributed by atoms with Gasteiger partial charge in [0.15, 0.2) is 5.75 Å². The third kappa shape index (κ3) is 4.84. The fourth-order valence-corrected chi connectivity index (χ4v) is 4.55. The van der Waals surface area contributed by atoms with Crippen LogP contribution in [0, 0.1) is 0 Å². The van der Waals surface area contributed by atoms with Gasteiger partial charge >= 0.3 is 6.18 Å². The Morgan fingerprint density at radius 3 is 2.79 bits per heavy atom. The van der Waals surface area contributed by atoms with Gasteiger partial charge in [-0.25, -0.2) is 0 Å². The van der Waals surface area contributed by atoms with Crippen LogP contribution in [0.2, 0.25) is 5.02 Å². The highest BCUT2D eigenvalue weighted by atomic mass is 35.5. The molecule has 12 heteroatoms. The molecule has 1 aliphatic heterocycles. The van der Waals surface area contributed by atoms with Crippen molar-refractivity contribution in [3.8, 4) is 22.8 Å². The van der Waals surface area contributed by atoms with Gasteiger partial charge in [-0.3, -0.25) is 24.9 Å². The highest BCUT2D eigenvalue weighted by Crippen LogP contribution is 2.38. The number of benzene rings is 1. The summed E-state index contributed by atoms with van der Waals surface area (Å²) in [4.78, 5) is 20.6. The normalized spacial score (nSPS) is 13.0. The first-order chi connectivity index (χ1) is 18.3.